The van der Waals surface area contributed by atoms with Crippen molar-refractivity contribution >= 4 is 52.1 Å². The minimum atomic E-state index is -1.14. The van der Waals surface area contributed by atoms with E-state index in [0.29, 0.717) is 57.4 Å². The summed E-state index contributed by atoms with van der Waals surface area (Å²) in [5.74, 6) is -5.30. The Labute approximate surface area is 436 Å². The van der Waals surface area contributed by atoms with Crippen LogP contribution in [-0.4, -0.2) is 115 Å². The zero-order valence-corrected chi connectivity index (χ0v) is 42.8. The van der Waals surface area contributed by atoms with Crippen molar-refractivity contribution in [1.82, 2.24) is 35.5 Å². The van der Waals surface area contributed by atoms with Crippen molar-refractivity contribution in [2.24, 2.45) is 13.0 Å². The maximum atomic E-state index is 16.6. The highest BCUT2D eigenvalue weighted by Crippen LogP contribution is 2.57. The molecular formula is C55H60ClF5N8O6. The van der Waals surface area contributed by atoms with E-state index in [0.717, 1.165) is 31.2 Å². The molecule has 2 atom stereocenters. The van der Waals surface area contributed by atoms with Crippen molar-refractivity contribution in [3.8, 4) is 22.6 Å². The number of halogens is 6. The number of amides is 5. The van der Waals surface area contributed by atoms with Crippen molar-refractivity contribution in [2.75, 3.05) is 64.5 Å². The van der Waals surface area contributed by atoms with Crippen molar-refractivity contribution in [3.63, 3.8) is 0 Å². The van der Waals surface area contributed by atoms with Crippen LogP contribution in [0.1, 0.15) is 104 Å². The van der Waals surface area contributed by atoms with Crippen LogP contribution >= 0.6 is 11.6 Å². The fraction of sp³-hybridized carbons (Fsp3) is 0.473. The van der Waals surface area contributed by atoms with Crippen molar-refractivity contribution in [1.29, 1.82) is 0 Å². The number of rotatable bonds is 13. The molecule has 0 bridgehead atoms. The van der Waals surface area contributed by atoms with E-state index < -0.39 is 70.9 Å². The smallest absolute Gasteiger partial charge is 0.329 e. The summed E-state index contributed by atoms with van der Waals surface area (Å²) < 4.78 is 91.4. The number of benzene rings is 4. The summed E-state index contributed by atoms with van der Waals surface area (Å²) >= 11 is 6.76. The van der Waals surface area contributed by atoms with Gasteiger partial charge in [0.05, 0.1) is 16.0 Å². The number of hydrogen-bond acceptors (Lipinski definition) is 9. The van der Waals surface area contributed by atoms with Gasteiger partial charge in [0.2, 0.25) is 11.8 Å². The number of hydrogen-bond donors (Lipinski definition) is 3. The average Bonchev–Trinajstić information content (AvgIpc) is 3.90. The van der Waals surface area contributed by atoms with Gasteiger partial charge in [0, 0.05) is 98.9 Å². The van der Waals surface area contributed by atoms with Gasteiger partial charge in [0.1, 0.15) is 36.2 Å². The van der Waals surface area contributed by atoms with Crippen LogP contribution in [0.15, 0.2) is 54.6 Å². The number of aromatic nitrogens is 2. The molecule has 4 aromatic carbocycles. The highest BCUT2D eigenvalue weighted by Gasteiger charge is 2.50. The summed E-state index contributed by atoms with van der Waals surface area (Å²) in [7, 11) is 2.94. The van der Waals surface area contributed by atoms with E-state index in [9.17, 15) is 23.6 Å². The van der Waals surface area contributed by atoms with Crippen molar-refractivity contribution in [2.45, 2.75) is 94.2 Å². The van der Waals surface area contributed by atoms with Crippen LogP contribution in [0.5, 0.6) is 11.5 Å². The largest absolute Gasteiger partial charge is 0.488 e. The summed E-state index contributed by atoms with van der Waals surface area (Å²) in [6.45, 7) is 3.46. The minimum absolute atomic E-state index is 0.0190. The predicted molar refractivity (Wildman–Crippen MR) is 272 cm³/mol. The number of aryl methyl sites for hydroxylation is 1. The average molecular weight is 1060 g/mol. The number of fused-ring (bicyclic) bond motifs is 2. The molecule has 1 aliphatic carbocycles. The van der Waals surface area contributed by atoms with Gasteiger partial charge in [-0.25, -0.2) is 26.7 Å². The third-order valence-corrected chi connectivity index (χ3v) is 16.7. The van der Waals surface area contributed by atoms with Gasteiger partial charge in [-0.1, -0.05) is 48.9 Å². The van der Waals surface area contributed by atoms with E-state index in [-0.39, 0.29) is 99.8 Å². The summed E-state index contributed by atoms with van der Waals surface area (Å²) in [5.41, 5.74) is -0.299. The van der Waals surface area contributed by atoms with Crippen LogP contribution in [0.25, 0.3) is 22.0 Å². The quantitative estimate of drug-likeness (QED) is 0.0983. The lowest BCUT2D eigenvalue weighted by Crippen LogP contribution is -2.51. The zero-order chi connectivity index (χ0) is 52.9. The summed E-state index contributed by atoms with van der Waals surface area (Å²) in [6.07, 6.45) is 5.57. The number of nitrogens with one attached hydrogen (secondary N) is 3. The third kappa shape index (κ3) is 9.57. The number of anilines is 1. The Morgan fingerprint density at radius 3 is 2.28 bits per heavy atom. The van der Waals surface area contributed by atoms with Gasteiger partial charge in [0.25, 0.3) is 5.91 Å². The van der Waals surface area contributed by atoms with Crippen LogP contribution in [0, 0.1) is 29.2 Å². The Morgan fingerprint density at radius 1 is 0.880 bits per heavy atom. The molecule has 14 nitrogen and oxygen atoms in total. The number of urea groups is 1. The molecule has 398 valence electrons. The molecule has 5 aromatic rings. The highest BCUT2D eigenvalue weighted by molar-refractivity contribution is 6.34. The molecule has 20 heteroatoms. The molecule has 5 heterocycles. The minimum Gasteiger partial charge on any atom is -0.488 e. The Morgan fingerprint density at radius 2 is 1.60 bits per heavy atom. The summed E-state index contributed by atoms with van der Waals surface area (Å²) in [5, 5.41) is 12.6. The summed E-state index contributed by atoms with van der Waals surface area (Å²) in [6, 6.07) is 14.0. The number of nitrogens with zero attached hydrogens (tertiary/aromatic N) is 5. The van der Waals surface area contributed by atoms with Crippen LogP contribution in [0.3, 0.4) is 0 Å². The number of likely N-dealkylation sites (tertiary alicyclic amines) is 2. The first-order chi connectivity index (χ1) is 36.1. The molecule has 3 N–H and O–H groups in total. The lowest BCUT2D eigenvalue weighted by molar-refractivity contribution is -0.138. The highest BCUT2D eigenvalue weighted by atomic mass is 35.5. The molecule has 1 saturated carbocycles. The molecule has 5 amide bonds. The van der Waals surface area contributed by atoms with Crippen LogP contribution in [0.2, 0.25) is 5.02 Å². The fourth-order valence-corrected chi connectivity index (χ4v) is 12.6. The molecule has 75 heavy (non-hydrogen) atoms. The number of imide groups is 1. The summed E-state index contributed by atoms with van der Waals surface area (Å²) in [4.78, 5) is 57.2. The Hall–Kier alpha value is -6.31. The zero-order valence-electron chi connectivity index (χ0n) is 42.1. The first kappa shape index (κ1) is 52.1. The first-order valence-corrected chi connectivity index (χ1v) is 26.2. The second-order valence-corrected chi connectivity index (χ2v) is 20.8. The number of piperidine rings is 2. The van der Waals surface area contributed by atoms with Gasteiger partial charge >= 0.3 is 6.03 Å². The molecule has 2 unspecified atom stereocenters. The molecule has 5 aliphatic rings. The SMILES string of the molecule is CNC(=O)c1ccc(OCCF)c(F)c1-c1c(Cl)c(F)cc2c1C(C)C(CNC1CCC(C(=O)N3CCC(N4CCC(c5c(F)cc6c(N7CCC(=O)NC7=O)nn(C)c6c5F)CC4)CC3)CC1)(c1ccccc1)O2. The molecule has 1 aromatic heterocycles. The number of ether oxygens (including phenoxy) is 2. The maximum absolute atomic E-state index is 16.6. The molecule has 0 spiro atoms. The fourth-order valence-electron chi connectivity index (χ4n) is 12.4. The number of carbonyl (C=O) groups excluding carboxylic acids is 4. The van der Waals surface area contributed by atoms with Gasteiger partial charge < -0.3 is 29.9 Å². The molecule has 4 aliphatic heterocycles. The van der Waals surface area contributed by atoms with Gasteiger partial charge in [0.15, 0.2) is 28.8 Å². The Balaban J connectivity index is 0.762. The third-order valence-electron chi connectivity index (χ3n) is 16.4. The first-order valence-electron chi connectivity index (χ1n) is 25.9. The maximum Gasteiger partial charge on any atom is 0.329 e. The standard InChI is InChI=1S/C55H60ClF5N8O6/c1-30-43-41(28-39(59)47(56)46(43)45-36(52(71)62-2)13-14-40(48(45)60)74-26-20-57)75-55(30,33-7-5-4-6-8-33)29-63-34-11-9-32(10-12-34)53(72)68-23-17-35(18-24-68)67-21-15-31(16-22-67)44-38(58)27-37-50(49(44)61)66(3)65-51(37)69-25-19-42(70)64-54(69)73/h4-8,13-14,27-28,30-32,34-35,63H,9-12,15-26,29H2,1-3H3,(H,62,71)(H,64,70,73). The van der Waals surface area contributed by atoms with E-state index in [1.54, 1.807) is 7.05 Å². The molecule has 3 saturated heterocycles. The predicted octanol–water partition coefficient (Wildman–Crippen LogP) is 9.01. The number of carbonyl (C=O) groups is 4. The van der Waals surface area contributed by atoms with E-state index >= 15 is 17.6 Å². The van der Waals surface area contributed by atoms with E-state index in [2.05, 4.69) is 25.9 Å². The number of alkyl halides is 1. The van der Waals surface area contributed by atoms with Crippen molar-refractivity contribution < 1.29 is 50.6 Å². The lowest BCUT2D eigenvalue weighted by atomic mass is 9.77. The molecular weight excluding hydrogens is 999 g/mol. The van der Waals surface area contributed by atoms with Crippen LogP contribution in [-0.2, 0) is 22.2 Å². The molecule has 4 fully saturated rings. The Kier molecular flexibility index (Phi) is 14.9. The van der Waals surface area contributed by atoms with E-state index in [4.69, 9.17) is 21.1 Å². The Bertz CT molecular complexity index is 3030. The van der Waals surface area contributed by atoms with Crippen LogP contribution < -0.4 is 30.3 Å². The van der Waals surface area contributed by atoms with Gasteiger partial charge in [-0.15, -0.1) is 0 Å². The van der Waals surface area contributed by atoms with Crippen molar-refractivity contribution in [3.05, 3.63) is 105 Å². The second kappa shape index (κ2) is 21.4. The van der Waals surface area contributed by atoms with E-state index in [1.165, 1.54) is 40.9 Å². The molecule has 10 rings (SSSR count). The van der Waals surface area contributed by atoms with Gasteiger partial charge in [-0.05, 0) is 94.1 Å². The van der Waals surface area contributed by atoms with E-state index in [1.807, 2.05) is 42.2 Å². The van der Waals surface area contributed by atoms with Crippen LogP contribution in [0.4, 0.5) is 32.6 Å². The molecule has 0 radical (unpaired) electrons. The topological polar surface area (TPSA) is 150 Å². The van der Waals surface area contributed by atoms with Gasteiger partial charge in [-0.3, -0.25) is 29.3 Å². The normalized spacial score (nSPS) is 22.8. The van der Waals surface area contributed by atoms with Gasteiger partial charge in [-0.2, -0.15) is 5.10 Å². The monoisotopic (exact) mass is 1060 g/mol. The second-order valence-electron chi connectivity index (χ2n) is 20.4. The lowest BCUT2D eigenvalue weighted by Gasteiger charge is -2.43.